The van der Waals surface area contributed by atoms with Crippen molar-refractivity contribution in [2.24, 2.45) is 5.92 Å². The fourth-order valence-corrected chi connectivity index (χ4v) is 2.83. The maximum Gasteiger partial charge on any atom is 0.251 e. The van der Waals surface area contributed by atoms with Crippen molar-refractivity contribution in [3.63, 3.8) is 0 Å². The first-order chi connectivity index (χ1) is 13.3. The summed E-state index contributed by atoms with van der Waals surface area (Å²) >= 11 is 5.85. The number of carbonyl (C=O) groups excluding carboxylic acids is 2. The fraction of sp³-hybridized carbons (Fsp3) is 0.333. The number of phenols is 1. The van der Waals surface area contributed by atoms with Crippen LogP contribution in [0.3, 0.4) is 0 Å². The van der Waals surface area contributed by atoms with Crippen molar-refractivity contribution in [1.82, 2.24) is 10.6 Å². The van der Waals surface area contributed by atoms with Gasteiger partial charge in [0.2, 0.25) is 5.91 Å². The molecular weight excluding hydrogens is 380 g/mol. The number of ether oxygens (including phenoxy) is 1. The first-order valence-electron chi connectivity index (χ1n) is 9.00. The van der Waals surface area contributed by atoms with Crippen molar-refractivity contribution in [2.75, 3.05) is 7.11 Å². The molecular formula is C21H25ClN2O4. The molecule has 150 valence electrons. The standard InChI is InChI=1S/C21H25ClN2O4/c1-13(2)10-17(24-20(26)15-5-7-16(22)8-6-15)21(27)23-12-14-4-9-19(28-3)18(25)11-14/h4-9,11,13,17,25H,10,12H2,1-3H3,(H,23,27)(H,24,26). The van der Waals surface area contributed by atoms with Crippen LogP contribution in [0.25, 0.3) is 0 Å². The predicted octanol–water partition coefficient (Wildman–Crippen LogP) is 3.52. The average Bonchev–Trinajstić information content (AvgIpc) is 2.65. The van der Waals surface area contributed by atoms with Crippen LogP contribution in [0.4, 0.5) is 0 Å². The molecule has 0 saturated carbocycles. The minimum absolute atomic E-state index is 0.00372. The molecule has 28 heavy (non-hydrogen) atoms. The molecule has 7 heteroatoms. The second-order valence-corrected chi connectivity index (χ2v) is 7.32. The van der Waals surface area contributed by atoms with Crippen molar-refractivity contribution < 1.29 is 19.4 Å². The SMILES string of the molecule is COc1ccc(CNC(=O)C(CC(C)C)NC(=O)c2ccc(Cl)cc2)cc1O. The van der Waals surface area contributed by atoms with Crippen LogP contribution in [-0.4, -0.2) is 30.1 Å². The third-order valence-electron chi connectivity index (χ3n) is 4.15. The predicted molar refractivity (Wildman–Crippen MR) is 109 cm³/mol. The molecule has 0 aliphatic heterocycles. The number of nitrogens with one attached hydrogen (secondary N) is 2. The van der Waals surface area contributed by atoms with Crippen LogP contribution in [-0.2, 0) is 11.3 Å². The number of phenolic OH excluding ortho intramolecular Hbond substituents is 1. The average molecular weight is 405 g/mol. The Morgan fingerprint density at radius 2 is 1.82 bits per heavy atom. The summed E-state index contributed by atoms with van der Waals surface area (Å²) in [6.07, 6.45) is 0.499. The molecule has 2 rings (SSSR count). The van der Waals surface area contributed by atoms with E-state index in [1.165, 1.54) is 13.2 Å². The highest BCUT2D eigenvalue weighted by Gasteiger charge is 2.22. The lowest BCUT2D eigenvalue weighted by Crippen LogP contribution is -2.47. The van der Waals surface area contributed by atoms with E-state index in [4.69, 9.17) is 16.3 Å². The lowest BCUT2D eigenvalue weighted by atomic mass is 10.0. The van der Waals surface area contributed by atoms with Gasteiger partial charge >= 0.3 is 0 Å². The van der Waals surface area contributed by atoms with Gasteiger partial charge in [-0.1, -0.05) is 31.5 Å². The van der Waals surface area contributed by atoms with Gasteiger partial charge in [-0.15, -0.1) is 0 Å². The number of aromatic hydroxyl groups is 1. The Bertz CT molecular complexity index is 822. The summed E-state index contributed by atoms with van der Waals surface area (Å²) in [6.45, 7) is 4.19. The van der Waals surface area contributed by atoms with E-state index < -0.39 is 6.04 Å². The summed E-state index contributed by atoms with van der Waals surface area (Å²) in [5.74, 6) is -0.0378. The number of benzene rings is 2. The number of halogens is 1. The highest BCUT2D eigenvalue weighted by atomic mass is 35.5. The molecule has 0 saturated heterocycles. The highest BCUT2D eigenvalue weighted by molar-refractivity contribution is 6.30. The molecule has 0 fully saturated rings. The Labute approximate surface area is 169 Å². The molecule has 0 aliphatic rings. The normalized spacial score (nSPS) is 11.8. The van der Waals surface area contributed by atoms with Crippen LogP contribution in [0.2, 0.25) is 5.02 Å². The molecule has 0 radical (unpaired) electrons. The van der Waals surface area contributed by atoms with E-state index in [-0.39, 0.29) is 30.0 Å². The molecule has 0 aromatic heterocycles. The minimum atomic E-state index is -0.671. The molecule has 1 unspecified atom stereocenters. The maximum absolute atomic E-state index is 12.6. The Morgan fingerprint density at radius 3 is 2.39 bits per heavy atom. The van der Waals surface area contributed by atoms with Gasteiger partial charge in [0.15, 0.2) is 11.5 Å². The van der Waals surface area contributed by atoms with E-state index in [0.29, 0.717) is 22.8 Å². The maximum atomic E-state index is 12.6. The third kappa shape index (κ3) is 6.16. The largest absolute Gasteiger partial charge is 0.504 e. The molecule has 2 amide bonds. The monoisotopic (exact) mass is 404 g/mol. The van der Waals surface area contributed by atoms with E-state index in [2.05, 4.69) is 10.6 Å². The van der Waals surface area contributed by atoms with Gasteiger partial charge in [0.05, 0.1) is 7.11 Å². The summed E-state index contributed by atoms with van der Waals surface area (Å²) < 4.78 is 5.01. The van der Waals surface area contributed by atoms with E-state index in [1.54, 1.807) is 36.4 Å². The summed E-state index contributed by atoms with van der Waals surface area (Å²) in [5.41, 5.74) is 1.16. The van der Waals surface area contributed by atoms with Crippen LogP contribution >= 0.6 is 11.6 Å². The second kappa shape index (κ2) is 9.99. The fourth-order valence-electron chi connectivity index (χ4n) is 2.70. The topological polar surface area (TPSA) is 87.7 Å². The Morgan fingerprint density at radius 1 is 1.14 bits per heavy atom. The van der Waals surface area contributed by atoms with Crippen LogP contribution < -0.4 is 15.4 Å². The lowest BCUT2D eigenvalue weighted by Gasteiger charge is -2.20. The third-order valence-corrected chi connectivity index (χ3v) is 4.40. The van der Waals surface area contributed by atoms with E-state index in [1.807, 2.05) is 13.8 Å². The quantitative estimate of drug-likeness (QED) is 0.628. The number of carbonyl (C=O) groups is 2. The molecule has 2 aromatic carbocycles. The van der Waals surface area contributed by atoms with Crippen molar-refractivity contribution >= 4 is 23.4 Å². The summed E-state index contributed by atoms with van der Waals surface area (Å²) in [6, 6.07) is 10.7. The Kier molecular flexibility index (Phi) is 7.70. The number of rotatable bonds is 8. The van der Waals surface area contributed by atoms with E-state index >= 15 is 0 Å². The number of methoxy groups -OCH3 is 1. The van der Waals surface area contributed by atoms with Gasteiger partial charge in [0.1, 0.15) is 6.04 Å². The zero-order valence-electron chi connectivity index (χ0n) is 16.2. The van der Waals surface area contributed by atoms with Crippen molar-refractivity contribution in [3.8, 4) is 11.5 Å². The molecule has 0 spiro atoms. The van der Waals surface area contributed by atoms with E-state index in [9.17, 15) is 14.7 Å². The van der Waals surface area contributed by atoms with Crippen molar-refractivity contribution in [1.29, 1.82) is 0 Å². The summed E-state index contributed by atoms with van der Waals surface area (Å²) in [5, 5.41) is 16.0. The molecule has 6 nitrogen and oxygen atoms in total. The zero-order valence-corrected chi connectivity index (χ0v) is 16.9. The number of amides is 2. The number of hydrogen-bond donors (Lipinski definition) is 3. The lowest BCUT2D eigenvalue weighted by molar-refractivity contribution is -0.123. The zero-order chi connectivity index (χ0) is 20.7. The first kappa shape index (κ1) is 21.6. The molecule has 2 aromatic rings. The van der Waals surface area contributed by atoms with Gasteiger partial charge in [-0.3, -0.25) is 9.59 Å². The molecule has 0 heterocycles. The second-order valence-electron chi connectivity index (χ2n) is 6.89. The van der Waals surface area contributed by atoms with Crippen molar-refractivity contribution in [2.45, 2.75) is 32.9 Å². The van der Waals surface area contributed by atoms with Gasteiger partial charge in [0.25, 0.3) is 5.91 Å². The Hall–Kier alpha value is -2.73. The van der Waals surface area contributed by atoms with Crippen LogP contribution in [0.1, 0.15) is 36.2 Å². The first-order valence-corrected chi connectivity index (χ1v) is 9.38. The number of hydrogen-bond acceptors (Lipinski definition) is 4. The van der Waals surface area contributed by atoms with E-state index in [0.717, 1.165) is 5.56 Å². The highest BCUT2D eigenvalue weighted by Crippen LogP contribution is 2.26. The molecule has 1 atom stereocenters. The van der Waals surface area contributed by atoms with Crippen LogP contribution in [0, 0.1) is 5.92 Å². The molecule has 0 aliphatic carbocycles. The minimum Gasteiger partial charge on any atom is -0.504 e. The van der Waals surface area contributed by atoms with Gasteiger partial charge in [-0.05, 0) is 54.3 Å². The molecule has 3 N–H and O–H groups in total. The summed E-state index contributed by atoms with van der Waals surface area (Å²) in [4.78, 5) is 25.1. The van der Waals surface area contributed by atoms with Gasteiger partial charge in [-0.2, -0.15) is 0 Å². The van der Waals surface area contributed by atoms with Crippen LogP contribution in [0.5, 0.6) is 11.5 Å². The smallest absolute Gasteiger partial charge is 0.251 e. The molecule has 0 bridgehead atoms. The van der Waals surface area contributed by atoms with Gasteiger partial charge in [-0.25, -0.2) is 0 Å². The Balaban J connectivity index is 2.02. The van der Waals surface area contributed by atoms with Crippen molar-refractivity contribution in [3.05, 3.63) is 58.6 Å². The summed E-state index contributed by atoms with van der Waals surface area (Å²) in [7, 11) is 1.47. The van der Waals surface area contributed by atoms with Gasteiger partial charge < -0.3 is 20.5 Å². The van der Waals surface area contributed by atoms with Crippen LogP contribution in [0.15, 0.2) is 42.5 Å². The van der Waals surface area contributed by atoms with Gasteiger partial charge in [0, 0.05) is 17.1 Å².